The Morgan fingerprint density at radius 3 is 2.39 bits per heavy atom. The quantitative estimate of drug-likeness (QED) is 0.640. The molecule has 3 aromatic rings. The molecule has 0 atom stereocenters. The molecule has 0 saturated carbocycles. The Kier molecular flexibility index (Phi) is 6.15. The molecule has 31 heavy (non-hydrogen) atoms. The zero-order chi connectivity index (χ0) is 21.8. The monoisotopic (exact) mass is 429 g/mol. The van der Waals surface area contributed by atoms with Crippen LogP contribution in [0.25, 0.3) is 17.3 Å². The van der Waals surface area contributed by atoms with E-state index in [2.05, 4.69) is 13.0 Å². The van der Waals surface area contributed by atoms with Gasteiger partial charge in [-0.3, -0.25) is 14.2 Å². The first-order valence-corrected chi connectivity index (χ1v) is 11.3. The number of thiazole rings is 1. The summed E-state index contributed by atoms with van der Waals surface area (Å²) in [4.78, 5) is 28.2. The number of rotatable bonds is 4. The molecule has 5 nitrogen and oxygen atoms in total. The minimum Gasteiger partial charge on any atom is -0.338 e. The molecule has 1 aliphatic rings. The summed E-state index contributed by atoms with van der Waals surface area (Å²) in [7, 11) is 0. The first-order chi connectivity index (χ1) is 15.1. The summed E-state index contributed by atoms with van der Waals surface area (Å²) in [5.41, 5.74) is 2.50. The zero-order valence-corrected chi connectivity index (χ0v) is 18.2. The van der Waals surface area contributed by atoms with E-state index < -0.39 is 0 Å². The van der Waals surface area contributed by atoms with Gasteiger partial charge in [-0.1, -0.05) is 49.4 Å². The van der Waals surface area contributed by atoms with Crippen molar-refractivity contribution in [2.24, 2.45) is 0 Å². The van der Waals surface area contributed by atoms with E-state index in [1.165, 1.54) is 15.9 Å². The van der Waals surface area contributed by atoms with E-state index in [0.29, 0.717) is 28.0 Å². The Morgan fingerprint density at radius 2 is 1.77 bits per heavy atom. The van der Waals surface area contributed by atoms with Gasteiger partial charge in [-0.15, -0.1) is 11.3 Å². The summed E-state index contributed by atoms with van der Waals surface area (Å²) >= 11 is 1.19. The molecule has 0 bridgehead atoms. The fraction of sp³-hybridized carbons (Fsp3) is 0.240. The molecule has 0 unspecified atom stereocenters. The standard InChI is InChI=1S/C25H23N3O2S/c1-2-18-10-12-20(13-11-18)28-24(30)22(16-19-8-4-3-5-9-19)31-25(28)21(17-26)23(29)27-14-6-7-15-27/h3-5,8-13,16H,2,6-7,14-15H2,1H3/b22-16+,25-21-. The van der Waals surface area contributed by atoms with E-state index in [4.69, 9.17) is 0 Å². The van der Waals surface area contributed by atoms with E-state index in [-0.39, 0.29) is 17.0 Å². The summed E-state index contributed by atoms with van der Waals surface area (Å²) in [6.45, 7) is 3.36. The molecule has 0 aliphatic carbocycles. The van der Waals surface area contributed by atoms with Crippen LogP contribution in [0.5, 0.6) is 0 Å². The number of nitriles is 1. The van der Waals surface area contributed by atoms with Gasteiger partial charge in [0.25, 0.3) is 11.5 Å². The summed E-state index contributed by atoms with van der Waals surface area (Å²) in [6, 6.07) is 19.4. The van der Waals surface area contributed by atoms with Gasteiger partial charge < -0.3 is 4.90 Å². The molecule has 2 aromatic carbocycles. The van der Waals surface area contributed by atoms with Crippen LogP contribution in [-0.2, 0) is 11.2 Å². The van der Waals surface area contributed by atoms with Crippen LogP contribution in [-0.4, -0.2) is 28.5 Å². The molecular formula is C25H23N3O2S. The normalized spacial score (nSPS) is 15.1. The number of carbonyl (C=O) groups excluding carboxylic acids is 1. The Bertz CT molecular complexity index is 1310. The van der Waals surface area contributed by atoms with E-state index in [1.54, 1.807) is 4.90 Å². The van der Waals surface area contributed by atoms with Gasteiger partial charge >= 0.3 is 0 Å². The molecule has 1 aliphatic heterocycles. The second-order valence-corrected chi connectivity index (χ2v) is 8.50. The van der Waals surface area contributed by atoms with Crippen molar-refractivity contribution in [3.05, 3.63) is 85.3 Å². The number of carbonyl (C=O) groups is 1. The topological polar surface area (TPSA) is 66.1 Å². The lowest BCUT2D eigenvalue weighted by molar-refractivity contribution is -0.123. The van der Waals surface area contributed by atoms with Crippen LogP contribution < -0.4 is 14.8 Å². The summed E-state index contributed by atoms with van der Waals surface area (Å²) in [5.74, 6) is -0.300. The third-order valence-electron chi connectivity index (χ3n) is 5.46. The van der Waals surface area contributed by atoms with Crippen molar-refractivity contribution >= 4 is 28.9 Å². The van der Waals surface area contributed by atoms with Crippen molar-refractivity contribution in [3.63, 3.8) is 0 Å². The molecule has 4 rings (SSSR count). The van der Waals surface area contributed by atoms with E-state index >= 15 is 0 Å². The van der Waals surface area contributed by atoms with E-state index in [1.807, 2.05) is 60.7 Å². The van der Waals surface area contributed by atoms with E-state index in [9.17, 15) is 14.9 Å². The fourth-order valence-electron chi connectivity index (χ4n) is 3.73. The maximum absolute atomic E-state index is 13.4. The molecule has 1 aromatic heterocycles. The number of benzene rings is 2. The Balaban J connectivity index is 1.99. The lowest BCUT2D eigenvalue weighted by Gasteiger charge is -2.14. The molecule has 156 valence electrons. The summed E-state index contributed by atoms with van der Waals surface area (Å²) in [6.07, 6.45) is 4.57. The van der Waals surface area contributed by atoms with Gasteiger partial charge in [-0.2, -0.15) is 5.26 Å². The van der Waals surface area contributed by atoms with E-state index in [0.717, 1.165) is 30.4 Å². The van der Waals surface area contributed by atoms with Crippen molar-refractivity contribution in [2.75, 3.05) is 13.1 Å². The lowest BCUT2D eigenvalue weighted by atomic mass is 10.1. The second-order valence-electron chi connectivity index (χ2n) is 7.47. The minimum absolute atomic E-state index is 0.0243. The Labute approximate surface area is 184 Å². The van der Waals surface area contributed by atoms with Crippen LogP contribution in [0.1, 0.15) is 30.9 Å². The number of hydrogen-bond acceptors (Lipinski definition) is 4. The first kappa shape index (κ1) is 20.8. The zero-order valence-electron chi connectivity index (χ0n) is 17.4. The largest absolute Gasteiger partial charge is 0.338 e. The second kappa shape index (κ2) is 9.15. The van der Waals surface area contributed by atoms with Crippen molar-refractivity contribution in [1.29, 1.82) is 5.26 Å². The Morgan fingerprint density at radius 1 is 1.10 bits per heavy atom. The number of aromatic nitrogens is 1. The van der Waals surface area contributed by atoms with Gasteiger partial charge in [0.1, 0.15) is 10.7 Å². The van der Waals surface area contributed by atoms with Crippen molar-refractivity contribution in [2.45, 2.75) is 26.2 Å². The van der Waals surface area contributed by atoms with Crippen LogP contribution in [0, 0.1) is 11.3 Å². The van der Waals surface area contributed by atoms with Gasteiger partial charge in [0.15, 0.2) is 5.57 Å². The van der Waals surface area contributed by atoms with Gasteiger partial charge in [0.05, 0.1) is 10.2 Å². The number of aryl methyl sites for hydroxylation is 1. The van der Waals surface area contributed by atoms with Gasteiger partial charge in [-0.25, -0.2) is 0 Å². The van der Waals surface area contributed by atoms with Crippen molar-refractivity contribution in [1.82, 2.24) is 9.47 Å². The van der Waals surface area contributed by atoms with Gasteiger partial charge in [0, 0.05) is 13.1 Å². The lowest BCUT2D eigenvalue weighted by Crippen LogP contribution is -2.35. The van der Waals surface area contributed by atoms with Crippen LogP contribution in [0.2, 0.25) is 0 Å². The van der Waals surface area contributed by atoms with Crippen LogP contribution in [0.4, 0.5) is 0 Å². The molecule has 0 radical (unpaired) electrons. The average molecular weight is 430 g/mol. The third-order valence-corrected chi connectivity index (χ3v) is 6.55. The van der Waals surface area contributed by atoms with Crippen LogP contribution in [0.15, 0.2) is 59.4 Å². The molecule has 1 amide bonds. The minimum atomic E-state index is -0.300. The molecule has 0 N–H and O–H groups in total. The molecular weight excluding hydrogens is 406 g/mol. The maximum Gasteiger partial charge on any atom is 0.273 e. The average Bonchev–Trinajstić information content (AvgIpc) is 3.44. The molecule has 0 spiro atoms. The highest BCUT2D eigenvalue weighted by atomic mass is 32.1. The summed E-state index contributed by atoms with van der Waals surface area (Å²) < 4.78 is 2.38. The molecule has 2 heterocycles. The Hall–Kier alpha value is -3.43. The SMILES string of the molecule is CCc1ccc(-n2c(=O)/c(=C\c3ccccc3)s/c2=C(/C#N)C(=O)N2CCCC2)cc1. The first-order valence-electron chi connectivity index (χ1n) is 10.4. The van der Waals surface area contributed by atoms with Crippen molar-refractivity contribution in [3.8, 4) is 11.8 Å². The predicted molar refractivity (Wildman–Crippen MR) is 123 cm³/mol. The summed E-state index contributed by atoms with van der Waals surface area (Å²) in [5, 5.41) is 9.90. The number of amides is 1. The molecule has 6 heteroatoms. The highest BCUT2D eigenvalue weighted by Gasteiger charge is 2.24. The van der Waals surface area contributed by atoms with Gasteiger partial charge in [0.2, 0.25) is 0 Å². The number of likely N-dealkylation sites (tertiary alicyclic amines) is 1. The van der Waals surface area contributed by atoms with Crippen LogP contribution >= 0.6 is 11.3 Å². The van der Waals surface area contributed by atoms with Crippen molar-refractivity contribution < 1.29 is 4.79 Å². The smallest absolute Gasteiger partial charge is 0.273 e. The molecule has 1 fully saturated rings. The molecule has 1 saturated heterocycles. The fourth-order valence-corrected chi connectivity index (χ4v) is 4.83. The maximum atomic E-state index is 13.4. The highest BCUT2D eigenvalue weighted by Crippen LogP contribution is 2.13. The number of nitrogens with zero attached hydrogens (tertiary/aromatic N) is 3. The highest BCUT2D eigenvalue weighted by molar-refractivity contribution is 7.07. The van der Waals surface area contributed by atoms with Gasteiger partial charge in [-0.05, 0) is 48.6 Å². The third kappa shape index (κ3) is 4.23. The van der Waals surface area contributed by atoms with Crippen LogP contribution in [0.3, 0.4) is 0 Å². The predicted octanol–water partition coefficient (Wildman–Crippen LogP) is 2.59. The number of hydrogen-bond donors (Lipinski definition) is 0.